The summed E-state index contributed by atoms with van der Waals surface area (Å²) in [6, 6.07) is 18.5. The van der Waals surface area contributed by atoms with Crippen LogP contribution in [0.4, 0.5) is 5.69 Å². The molecule has 6 nitrogen and oxygen atoms in total. The van der Waals surface area contributed by atoms with Crippen molar-refractivity contribution in [2.75, 3.05) is 18.4 Å². The van der Waals surface area contributed by atoms with Gasteiger partial charge in [0.25, 0.3) is 0 Å². The van der Waals surface area contributed by atoms with Gasteiger partial charge in [-0.3, -0.25) is 9.78 Å². The molecular formula is C27H23Cl2N3O3S. The zero-order valence-electron chi connectivity index (χ0n) is 19.1. The van der Waals surface area contributed by atoms with E-state index in [1.54, 1.807) is 42.7 Å². The van der Waals surface area contributed by atoms with Crippen LogP contribution in [-0.4, -0.2) is 32.3 Å². The van der Waals surface area contributed by atoms with Crippen molar-refractivity contribution in [3.8, 4) is 0 Å². The first-order chi connectivity index (χ1) is 17.3. The van der Waals surface area contributed by atoms with Gasteiger partial charge in [-0.1, -0.05) is 47.5 Å². The SMILES string of the molecule is O=C(/C=C/c1ccc(Cl)cc1)c1ccc(S(=O)(=O)NCCCNc2cncc3cc(Cl)ccc23)cc1. The summed E-state index contributed by atoms with van der Waals surface area (Å²) in [4.78, 5) is 16.7. The molecule has 0 aliphatic carbocycles. The minimum atomic E-state index is -3.69. The highest BCUT2D eigenvalue weighted by molar-refractivity contribution is 7.89. The summed E-state index contributed by atoms with van der Waals surface area (Å²) >= 11 is 11.9. The molecule has 3 aromatic carbocycles. The van der Waals surface area contributed by atoms with E-state index in [-0.39, 0.29) is 17.2 Å². The molecule has 184 valence electrons. The predicted octanol–water partition coefficient (Wildman–Crippen LogP) is 6.22. The van der Waals surface area contributed by atoms with E-state index in [1.807, 2.05) is 18.2 Å². The summed E-state index contributed by atoms with van der Waals surface area (Å²) in [6.07, 6.45) is 7.17. The number of pyridine rings is 1. The van der Waals surface area contributed by atoms with E-state index >= 15 is 0 Å². The van der Waals surface area contributed by atoms with Crippen LogP contribution >= 0.6 is 23.2 Å². The van der Waals surface area contributed by atoms with Crippen LogP contribution in [0.3, 0.4) is 0 Å². The van der Waals surface area contributed by atoms with Crippen LogP contribution in [0.5, 0.6) is 0 Å². The number of anilines is 1. The lowest BCUT2D eigenvalue weighted by molar-refractivity contribution is 0.104. The maximum absolute atomic E-state index is 12.6. The molecule has 2 N–H and O–H groups in total. The fourth-order valence-corrected chi connectivity index (χ4v) is 4.91. The van der Waals surface area contributed by atoms with E-state index in [0.29, 0.717) is 28.6 Å². The van der Waals surface area contributed by atoms with Gasteiger partial charge in [-0.05, 0) is 66.6 Å². The molecule has 0 unspecified atom stereocenters. The number of nitrogens with one attached hydrogen (secondary N) is 2. The molecule has 0 saturated heterocycles. The Labute approximate surface area is 220 Å². The number of benzene rings is 3. The summed E-state index contributed by atoms with van der Waals surface area (Å²) in [6.45, 7) is 0.809. The maximum atomic E-state index is 12.6. The van der Waals surface area contributed by atoms with Gasteiger partial charge >= 0.3 is 0 Å². The number of hydrogen-bond donors (Lipinski definition) is 2. The van der Waals surface area contributed by atoms with Gasteiger partial charge in [0.1, 0.15) is 0 Å². The Bertz CT molecular complexity index is 1500. The topological polar surface area (TPSA) is 88.2 Å². The Morgan fingerprint density at radius 2 is 1.61 bits per heavy atom. The van der Waals surface area contributed by atoms with Crippen molar-refractivity contribution >= 4 is 61.5 Å². The number of rotatable bonds is 10. The number of fused-ring (bicyclic) bond motifs is 1. The number of carbonyl (C=O) groups is 1. The van der Waals surface area contributed by atoms with Gasteiger partial charge in [-0.25, -0.2) is 13.1 Å². The number of carbonyl (C=O) groups excluding carboxylic acids is 1. The molecule has 0 bridgehead atoms. The van der Waals surface area contributed by atoms with Crippen LogP contribution in [0.15, 0.2) is 90.1 Å². The molecule has 0 aliphatic rings. The Morgan fingerprint density at radius 3 is 2.36 bits per heavy atom. The van der Waals surface area contributed by atoms with Gasteiger partial charge in [0.15, 0.2) is 5.78 Å². The molecular weight excluding hydrogens is 517 g/mol. The number of hydrogen-bond acceptors (Lipinski definition) is 5. The van der Waals surface area contributed by atoms with Crippen LogP contribution in [0, 0.1) is 0 Å². The first-order valence-corrected chi connectivity index (χ1v) is 13.4. The van der Waals surface area contributed by atoms with E-state index in [2.05, 4.69) is 15.0 Å². The van der Waals surface area contributed by atoms with Crippen LogP contribution < -0.4 is 10.0 Å². The minimum Gasteiger partial charge on any atom is -0.383 e. The quantitative estimate of drug-likeness (QED) is 0.142. The average Bonchev–Trinajstić information content (AvgIpc) is 2.88. The summed E-state index contributed by atoms with van der Waals surface area (Å²) in [5.41, 5.74) is 2.09. The molecule has 0 spiro atoms. The van der Waals surface area contributed by atoms with E-state index in [9.17, 15) is 13.2 Å². The number of allylic oxidation sites excluding steroid dienone is 1. The summed E-state index contributed by atoms with van der Waals surface area (Å²) in [7, 11) is -3.69. The van der Waals surface area contributed by atoms with Gasteiger partial charge in [0, 0.05) is 45.7 Å². The molecule has 1 heterocycles. The highest BCUT2D eigenvalue weighted by Gasteiger charge is 2.14. The molecule has 4 rings (SSSR count). The number of halogens is 2. The molecule has 0 aliphatic heterocycles. The standard InChI is InChI=1S/C27H23Cl2N3O3S/c28-22-7-2-19(3-8-22)4-13-27(33)20-5-10-24(11-6-20)36(34,35)32-15-1-14-31-26-18-30-17-21-16-23(29)9-12-25(21)26/h2-13,16-18,31-32H,1,14-15H2/b13-4+. The second kappa shape index (κ2) is 11.7. The maximum Gasteiger partial charge on any atom is 0.240 e. The molecule has 0 radical (unpaired) electrons. The van der Waals surface area contributed by atoms with Gasteiger partial charge in [0.05, 0.1) is 16.8 Å². The second-order valence-electron chi connectivity index (χ2n) is 8.00. The first kappa shape index (κ1) is 25.9. The molecule has 0 amide bonds. The van der Waals surface area contributed by atoms with Crippen molar-refractivity contribution in [1.29, 1.82) is 0 Å². The lowest BCUT2D eigenvalue weighted by Crippen LogP contribution is -2.26. The fourth-order valence-electron chi connectivity index (χ4n) is 3.53. The third-order valence-corrected chi connectivity index (χ3v) is 7.39. The third kappa shape index (κ3) is 6.71. The van der Waals surface area contributed by atoms with E-state index < -0.39 is 10.0 Å². The highest BCUT2D eigenvalue weighted by atomic mass is 35.5. The van der Waals surface area contributed by atoms with Crippen LogP contribution in [0.25, 0.3) is 16.8 Å². The van der Waals surface area contributed by atoms with Gasteiger partial charge in [-0.2, -0.15) is 0 Å². The number of nitrogens with zero attached hydrogens (tertiary/aromatic N) is 1. The van der Waals surface area contributed by atoms with Gasteiger partial charge in [-0.15, -0.1) is 0 Å². The molecule has 4 aromatic rings. The van der Waals surface area contributed by atoms with Crippen molar-refractivity contribution < 1.29 is 13.2 Å². The fraction of sp³-hybridized carbons (Fsp3) is 0.111. The Balaban J connectivity index is 1.28. The zero-order chi connectivity index (χ0) is 25.5. The lowest BCUT2D eigenvalue weighted by atomic mass is 10.1. The molecule has 36 heavy (non-hydrogen) atoms. The van der Waals surface area contributed by atoms with Crippen molar-refractivity contribution in [1.82, 2.24) is 9.71 Å². The van der Waals surface area contributed by atoms with Gasteiger partial charge in [0.2, 0.25) is 10.0 Å². The first-order valence-electron chi connectivity index (χ1n) is 11.2. The zero-order valence-corrected chi connectivity index (χ0v) is 21.4. The minimum absolute atomic E-state index is 0.101. The Kier molecular flexibility index (Phi) is 8.38. The molecule has 0 saturated carbocycles. The number of aromatic nitrogens is 1. The monoisotopic (exact) mass is 539 g/mol. The molecule has 1 aromatic heterocycles. The summed E-state index contributed by atoms with van der Waals surface area (Å²) in [5.74, 6) is -0.224. The van der Waals surface area contributed by atoms with Crippen LogP contribution in [0.1, 0.15) is 22.3 Å². The number of ketones is 1. The molecule has 0 atom stereocenters. The van der Waals surface area contributed by atoms with Crippen molar-refractivity contribution in [2.45, 2.75) is 11.3 Å². The summed E-state index contributed by atoms with van der Waals surface area (Å²) in [5, 5.41) is 6.47. The smallest absolute Gasteiger partial charge is 0.240 e. The largest absolute Gasteiger partial charge is 0.383 e. The van der Waals surface area contributed by atoms with E-state index in [1.165, 1.54) is 30.3 Å². The van der Waals surface area contributed by atoms with E-state index in [0.717, 1.165) is 22.0 Å². The van der Waals surface area contributed by atoms with E-state index in [4.69, 9.17) is 23.2 Å². The third-order valence-electron chi connectivity index (χ3n) is 5.43. The Morgan fingerprint density at radius 1 is 0.889 bits per heavy atom. The lowest BCUT2D eigenvalue weighted by Gasteiger charge is -2.10. The average molecular weight is 540 g/mol. The normalized spacial score (nSPS) is 11.7. The molecule has 9 heteroatoms. The van der Waals surface area contributed by atoms with Crippen molar-refractivity contribution in [2.24, 2.45) is 0 Å². The Hall–Kier alpha value is -3.23. The van der Waals surface area contributed by atoms with Crippen LogP contribution in [0.2, 0.25) is 10.0 Å². The predicted molar refractivity (Wildman–Crippen MR) is 146 cm³/mol. The summed E-state index contributed by atoms with van der Waals surface area (Å²) < 4.78 is 27.9. The van der Waals surface area contributed by atoms with Crippen molar-refractivity contribution in [3.63, 3.8) is 0 Å². The van der Waals surface area contributed by atoms with Crippen LogP contribution in [-0.2, 0) is 10.0 Å². The molecule has 0 fully saturated rings. The van der Waals surface area contributed by atoms with Gasteiger partial charge < -0.3 is 5.32 Å². The highest BCUT2D eigenvalue weighted by Crippen LogP contribution is 2.25. The second-order valence-corrected chi connectivity index (χ2v) is 10.6. The van der Waals surface area contributed by atoms with Crippen molar-refractivity contribution in [3.05, 3.63) is 106 Å². The number of sulfonamides is 1.